The van der Waals surface area contributed by atoms with Gasteiger partial charge in [0, 0.05) is 26.2 Å². The van der Waals surface area contributed by atoms with Crippen molar-refractivity contribution < 1.29 is 32.6 Å². The quantitative estimate of drug-likeness (QED) is 0.409. The van der Waals surface area contributed by atoms with Crippen LogP contribution in [-0.2, 0) is 19.4 Å². The van der Waals surface area contributed by atoms with E-state index in [0.29, 0.717) is 48.0 Å². The molecular formula is C21H33N3O7S. The zero-order valence-corrected chi connectivity index (χ0v) is 19.7. The van der Waals surface area contributed by atoms with Crippen LogP contribution in [0.15, 0.2) is 17.0 Å². The number of amides is 2. The monoisotopic (exact) mass is 471 g/mol. The Bertz CT molecular complexity index is 874. The molecule has 2 rings (SSSR count). The molecule has 1 fully saturated rings. The van der Waals surface area contributed by atoms with Crippen LogP contribution in [0.3, 0.4) is 0 Å². The van der Waals surface area contributed by atoms with Crippen molar-refractivity contribution in [3.8, 4) is 5.75 Å². The summed E-state index contributed by atoms with van der Waals surface area (Å²) in [7, 11) is -1.98. The second-order valence-electron chi connectivity index (χ2n) is 7.91. The first-order valence-electron chi connectivity index (χ1n) is 10.5. The molecule has 2 amide bonds. The highest BCUT2D eigenvalue weighted by molar-refractivity contribution is 7.91. The Morgan fingerprint density at radius 1 is 1.19 bits per heavy atom. The van der Waals surface area contributed by atoms with E-state index in [-0.39, 0.29) is 30.9 Å². The van der Waals surface area contributed by atoms with E-state index in [1.54, 1.807) is 30.9 Å². The molecule has 1 heterocycles. The number of piperidine rings is 1. The third kappa shape index (κ3) is 7.64. The van der Waals surface area contributed by atoms with E-state index in [1.807, 2.05) is 0 Å². The van der Waals surface area contributed by atoms with E-state index in [2.05, 4.69) is 10.6 Å². The maximum atomic E-state index is 12.7. The zero-order chi connectivity index (χ0) is 23.7. The average Bonchev–Trinajstić information content (AvgIpc) is 2.74. The van der Waals surface area contributed by atoms with Gasteiger partial charge in [0.1, 0.15) is 18.2 Å². The first-order valence-corrected chi connectivity index (χ1v) is 12.2. The molecule has 11 heteroatoms. The number of carbonyl (C=O) groups is 2. The van der Waals surface area contributed by atoms with Gasteiger partial charge in [-0.3, -0.25) is 4.79 Å². The number of carbonyl (C=O) groups excluding carboxylic acids is 1. The standard InChI is InChI=1S/C21H33N3O7S/c1-15-10-18(30-3)11-16(2)20(15)32(28,29)14-22-6-9-31-13-19(25)24-7-4-17(5-8-24)12-23-21(26)27/h10-11,17,22-23H,4-9,12-14H2,1-3H3,(H,26,27). The lowest BCUT2D eigenvalue weighted by atomic mass is 9.97. The topological polar surface area (TPSA) is 134 Å². The average molecular weight is 472 g/mol. The third-order valence-corrected chi connectivity index (χ3v) is 7.28. The van der Waals surface area contributed by atoms with E-state index in [4.69, 9.17) is 14.6 Å². The van der Waals surface area contributed by atoms with Gasteiger partial charge in [-0.15, -0.1) is 0 Å². The first kappa shape index (κ1) is 25.9. The van der Waals surface area contributed by atoms with Crippen LogP contribution in [0.4, 0.5) is 4.79 Å². The minimum absolute atomic E-state index is 0.0663. The number of hydrogen-bond acceptors (Lipinski definition) is 7. The summed E-state index contributed by atoms with van der Waals surface area (Å²) in [5.41, 5.74) is 1.26. The number of ether oxygens (including phenoxy) is 2. The molecule has 0 aliphatic carbocycles. The maximum Gasteiger partial charge on any atom is 0.404 e. The summed E-state index contributed by atoms with van der Waals surface area (Å²) < 4.78 is 36.0. The van der Waals surface area contributed by atoms with Gasteiger partial charge in [-0.2, -0.15) is 0 Å². The number of benzene rings is 1. The number of carboxylic acid groups (broad SMARTS) is 1. The second-order valence-corrected chi connectivity index (χ2v) is 9.84. The van der Waals surface area contributed by atoms with Crippen molar-refractivity contribution in [1.82, 2.24) is 15.5 Å². The number of nitrogens with one attached hydrogen (secondary N) is 2. The van der Waals surface area contributed by atoms with Crippen molar-refractivity contribution >= 4 is 21.8 Å². The molecule has 0 aromatic heterocycles. The van der Waals surface area contributed by atoms with Crippen molar-refractivity contribution in [2.24, 2.45) is 5.92 Å². The minimum atomic E-state index is -3.52. The molecular weight excluding hydrogens is 438 g/mol. The summed E-state index contributed by atoms with van der Waals surface area (Å²) in [6.07, 6.45) is 0.457. The Hall–Kier alpha value is -2.37. The molecule has 0 radical (unpaired) electrons. The van der Waals surface area contributed by atoms with Gasteiger partial charge in [-0.25, -0.2) is 13.2 Å². The van der Waals surface area contributed by atoms with Crippen LogP contribution in [0, 0.1) is 19.8 Å². The van der Waals surface area contributed by atoms with Crippen LogP contribution in [0.25, 0.3) is 0 Å². The van der Waals surface area contributed by atoms with Gasteiger partial charge in [0.15, 0.2) is 9.84 Å². The summed E-state index contributed by atoms with van der Waals surface area (Å²) in [6.45, 7) is 5.47. The fourth-order valence-electron chi connectivity index (χ4n) is 3.81. The Morgan fingerprint density at radius 3 is 2.38 bits per heavy atom. The SMILES string of the molecule is COc1cc(C)c(S(=O)(=O)CNCCOCC(=O)N2CCC(CNC(=O)O)CC2)c(C)c1. The highest BCUT2D eigenvalue weighted by Crippen LogP contribution is 2.26. The van der Waals surface area contributed by atoms with Gasteiger partial charge >= 0.3 is 6.09 Å². The molecule has 1 aliphatic heterocycles. The Kier molecular flexibility index (Phi) is 9.73. The van der Waals surface area contributed by atoms with Crippen LogP contribution in [0.5, 0.6) is 5.75 Å². The molecule has 0 bridgehead atoms. The summed E-state index contributed by atoms with van der Waals surface area (Å²) >= 11 is 0. The number of aryl methyl sites for hydroxylation is 2. The van der Waals surface area contributed by atoms with Crippen LogP contribution in [0.1, 0.15) is 24.0 Å². The van der Waals surface area contributed by atoms with E-state index >= 15 is 0 Å². The fraction of sp³-hybridized carbons (Fsp3) is 0.619. The molecule has 1 saturated heterocycles. The number of nitrogens with zero attached hydrogens (tertiary/aromatic N) is 1. The largest absolute Gasteiger partial charge is 0.497 e. The number of methoxy groups -OCH3 is 1. The van der Waals surface area contributed by atoms with Crippen LogP contribution in [-0.4, -0.2) is 82.8 Å². The molecule has 0 spiro atoms. The van der Waals surface area contributed by atoms with E-state index in [0.717, 1.165) is 12.8 Å². The fourth-order valence-corrected chi connectivity index (χ4v) is 5.47. The van der Waals surface area contributed by atoms with Gasteiger partial charge < -0.3 is 30.1 Å². The highest BCUT2D eigenvalue weighted by atomic mass is 32.2. The number of likely N-dealkylation sites (tertiary alicyclic amines) is 1. The molecule has 1 aromatic rings. The normalized spacial score (nSPS) is 14.9. The summed E-state index contributed by atoms with van der Waals surface area (Å²) in [5.74, 6) is 0.508. The Labute approximate surface area is 189 Å². The lowest BCUT2D eigenvalue weighted by molar-refractivity contribution is -0.137. The van der Waals surface area contributed by atoms with Gasteiger partial charge in [-0.05, 0) is 55.9 Å². The summed E-state index contributed by atoms with van der Waals surface area (Å²) in [4.78, 5) is 24.8. The second kappa shape index (κ2) is 12.0. The first-order chi connectivity index (χ1) is 15.1. The lowest BCUT2D eigenvalue weighted by Gasteiger charge is -2.31. The number of sulfone groups is 1. The van der Waals surface area contributed by atoms with Crippen LogP contribution < -0.4 is 15.4 Å². The van der Waals surface area contributed by atoms with Crippen molar-refractivity contribution in [3.05, 3.63) is 23.3 Å². The smallest absolute Gasteiger partial charge is 0.404 e. The molecule has 10 nitrogen and oxygen atoms in total. The maximum absolute atomic E-state index is 12.7. The van der Waals surface area contributed by atoms with E-state index in [9.17, 15) is 18.0 Å². The molecule has 32 heavy (non-hydrogen) atoms. The highest BCUT2D eigenvalue weighted by Gasteiger charge is 2.23. The third-order valence-electron chi connectivity index (χ3n) is 5.43. The molecule has 180 valence electrons. The van der Waals surface area contributed by atoms with Crippen molar-refractivity contribution in [1.29, 1.82) is 0 Å². The van der Waals surface area contributed by atoms with E-state index < -0.39 is 15.9 Å². The predicted octanol–water partition coefficient (Wildman–Crippen LogP) is 1.16. The molecule has 1 aliphatic rings. The molecule has 1 aromatic carbocycles. The van der Waals surface area contributed by atoms with Crippen molar-refractivity contribution in [3.63, 3.8) is 0 Å². The lowest BCUT2D eigenvalue weighted by Crippen LogP contribution is -2.43. The predicted molar refractivity (Wildman–Crippen MR) is 119 cm³/mol. The summed E-state index contributed by atoms with van der Waals surface area (Å²) in [5, 5.41) is 13.9. The van der Waals surface area contributed by atoms with Crippen LogP contribution >= 0.6 is 0 Å². The number of hydrogen-bond donors (Lipinski definition) is 3. The molecule has 3 N–H and O–H groups in total. The van der Waals surface area contributed by atoms with Gasteiger partial charge in [0.25, 0.3) is 0 Å². The number of rotatable bonds is 11. The van der Waals surface area contributed by atoms with Gasteiger partial charge in [-0.1, -0.05) is 0 Å². The van der Waals surface area contributed by atoms with Crippen molar-refractivity contribution in [2.45, 2.75) is 31.6 Å². The van der Waals surface area contributed by atoms with Crippen molar-refractivity contribution in [2.75, 3.05) is 52.4 Å². The van der Waals surface area contributed by atoms with E-state index in [1.165, 1.54) is 7.11 Å². The summed E-state index contributed by atoms with van der Waals surface area (Å²) in [6, 6.07) is 3.39. The molecule has 0 unspecified atom stereocenters. The zero-order valence-electron chi connectivity index (χ0n) is 18.8. The molecule has 0 saturated carbocycles. The van der Waals surface area contributed by atoms with Gasteiger partial charge in [0.05, 0.1) is 18.6 Å². The Balaban J connectivity index is 1.67. The molecule has 0 atom stereocenters. The van der Waals surface area contributed by atoms with Gasteiger partial charge in [0.2, 0.25) is 5.91 Å². The minimum Gasteiger partial charge on any atom is -0.497 e. The van der Waals surface area contributed by atoms with Crippen LogP contribution in [0.2, 0.25) is 0 Å². The Morgan fingerprint density at radius 2 is 1.81 bits per heavy atom.